The predicted octanol–water partition coefficient (Wildman–Crippen LogP) is 3.92. The number of ether oxygens (including phenoxy) is 1. The molecule has 9 nitrogen and oxygen atoms in total. The number of hydrogen-bond acceptors (Lipinski definition) is 7. The van der Waals surface area contributed by atoms with Gasteiger partial charge in [0.25, 0.3) is 5.69 Å². The van der Waals surface area contributed by atoms with Crippen LogP contribution in [0, 0.1) is 10.1 Å². The molecule has 0 bridgehead atoms. The summed E-state index contributed by atoms with van der Waals surface area (Å²) in [5.74, 6) is -0.735. The maximum absolute atomic E-state index is 12.7. The molecule has 3 aromatic rings. The van der Waals surface area contributed by atoms with Crippen LogP contribution in [0.15, 0.2) is 71.6 Å². The highest BCUT2D eigenvalue weighted by Gasteiger charge is 2.30. The van der Waals surface area contributed by atoms with Gasteiger partial charge in [-0.1, -0.05) is 61.4 Å². The lowest BCUT2D eigenvalue weighted by molar-refractivity contribution is -0.387. The lowest BCUT2D eigenvalue weighted by Gasteiger charge is -2.16. The minimum Gasteiger partial charge on any atom is -0.468 e. The fourth-order valence-electron chi connectivity index (χ4n) is 3.81. The Bertz CT molecular complexity index is 1280. The first-order valence-electron chi connectivity index (χ1n) is 11.3. The van der Waals surface area contributed by atoms with Crippen LogP contribution in [0.1, 0.15) is 31.2 Å². The van der Waals surface area contributed by atoms with E-state index in [0.717, 1.165) is 38.1 Å². The summed E-state index contributed by atoms with van der Waals surface area (Å²) in [6, 6.07) is 18.4. The number of carbonyl (C=O) groups is 1. The van der Waals surface area contributed by atoms with Crippen LogP contribution in [0.3, 0.4) is 0 Å². The van der Waals surface area contributed by atoms with E-state index in [-0.39, 0.29) is 6.42 Å². The molecule has 0 spiro atoms. The van der Waals surface area contributed by atoms with Crippen molar-refractivity contribution in [3.63, 3.8) is 0 Å². The number of carbonyl (C=O) groups excluding carboxylic acids is 1. The average molecular weight is 500 g/mol. The van der Waals surface area contributed by atoms with Crippen LogP contribution in [-0.4, -0.2) is 39.0 Å². The summed E-state index contributed by atoms with van der Waals surface area (Å²) in [6.45, 7) is 1.52. The Balaban J connectivity index is 1.47. The number of nitrogens with zero attached hydrogens (tertiary/aromatic N) is 1. The second-order valence-corrected chi connectivity index (χ2v) is 9.81. The molecule has 0 saturated carbocycles. The molecular weight excluding hydrogens is 470 g/mol. The zero-order chi connectivity index (χ0) is 25.3. The lowest BCUT2D eigenvalue weighted by atomic mass is 10.1. The van der Waals surface area contributed by atoms with Crippen LogP contribution >= 0.6 is 0 Å². The van der Waals surface area contributed by atoms with Crippen molar-refractivity contribution in [1.29, 1.82) is 0 Å². The Hall–Kier alpha value is -3.34. The van der Waals surface area contributed by atoms with E-state index >= 15 is 0 Å². The molecule has 35 heavy (non-hydrogen) atoms. The van der Waals surface area contributed by atoms with E-state index in [4.69, 9.17) is 4.74 Å². The Morgan fingerprint density at radius 3 is 2.46 bits per heavy atom. The minimum atomic E-state index is -4.29. The molecule has 3 rings (SSSR count). The zero-order valence-electron chi connectivity index (χ0n) is 19.5. The van der Waals surface area contributed by atoms with E-state index in [1.165, 1.54) is 35.6 Å². The average Bonchev–Trinajstić information content (AvgIpc) is 2.86. The standard InChI is InChI=1S/C25H29N3O6S/c1-34-25(29)22(27-35(32,33)24-13-7-6-12-23(24)28(30)31)11-3-2-8-16-26-18-19-14-15-20-9-4-5-10-21(20)17-19/h4-7,9-10,12-15,17,22,26-27H,2-3,8,11,16,18H2,1H3. The van der Waals surface area contributed by atoms with Gasteiger partial charge in [-0.05, 0) is 47.9 Å². The van der Waals surface area contributed by atoms with Crippen molar-refractivity contribution < 1.29 is 22.9 Å². The molecule has 0 saturated heterocycles. The number of nitro groups is 1. The van der Waals surface area contributed by atoms with Gasteiger partial charge in [-0.2, -0.15) is 4.72 Å². The number of nitro benzene ring substituents is 1. The van der Waals surface area contributed by atoms with Gasteiger partial charge in [0.2, 0.25) is 10.0 Å². The van der Waals surface area contributed by atoms with Gasteiger partial charge < -0.3 is 10.1 Å². The van der Waals surface area contributed by atoms with Crippen molar-refractivity contribution in [1.82, 2.24) is 10.0 Å². The van der Waals surface area contributed by atoms with E-state index in [9.17, 15) is 23.3 Å². The molecule has 0 aliphatic heterocycles. The van der Waals surface area contributed by atoms with Crippen molar-refractivity contribution in [2.24, 2.45) is 0 Å². The predicted molar refractivity (Wildman–Crippen MR) is 133 cm³/mol. The Kier molecular flexibility index (Phi) is 9.30. The molecule has 2 N–H and O–H groups in total. The van der Waals surface area contributed by atoms with Crippen molar-refractivity contribution >= 4 is 32.5 Å². The Morgan fingerprint density at radius 2 is 1.71 bits per heavy atom. The summed E-state index contributed by atoms with van der Waals surface area (Å²) in [6.07, 6.45) is 2.41. The highest BCUT2D eigenvalue weighted by Crippen LogP contribution is 2.23. The fourth-order valence-corrected chi connectivity index (χ4v) is 5.20. The topological polar surface area (TPSA) is 128 Å². The van der Waals surface area contributed by atoms with Crippen LogP contribution in [0.4, 0.5) is 5.69 Å². The highest BCUT2D eigenvalue weighted by molar-refractivity contribution is 7.89. The Labute approximate surface area is 204 Å². The van der Waals surface area contributed by atoms with Crippen LogP contribution in [-0.2, 0) is 26.1 Å². The van der Waals surface area contributed by atoms with E-state index in [1.54, 1.807) is 0 Å². The third-order valence-corrected chi connectivity index (χ3v) is 7.14. The molecule has 1 atom stereocenters. The molecule has 0 amide bonds. The number of rotatable bonds is 13. The van der Waals surface area contributed by atoms with E-state index in [0.29, 0.717) is 6.42 Å². The van der Waals surface area contributed by atoms with Crippen molar-refractivity contribution in [2.45, 2.75) is 43.2 Å². The van der Waals surface area contributed by atoms with Gasteiger partial charge in [-0.25, -0.2) is 8.42 Å². The molecule has 0 aliphatic rings. The first-order valence-corrected chi connectivity index (χ1v) is 12.8. The zero-order valence-corrected chi connectivity index (χ0v) is 20.3. The quantitative estimate of drug-likeness (QED) is 0.158. The molecule has 0 radical (unpaired) electrons. The number of fused-ring (bicyclic) bond motifs is 1. The molecule has 0 aliphatic carbocycles. The van der Waals surface area contributed by atoms with Gasteiger partial charge >= 0.3 is 5.97 Å². The number of para-hydroxylation sites is 1. The number of benzene rings is 3. The summed E-state index contributed by atoms with van der Waals surface area (Å²) >= 11 is 0. The number of nitrogens with one attached hydrogen (secondary N) is 2. The third kappa shape index (κ3) is 7.32. The molecule has 186 valence electrons. The van der Waals surface area contributed by atoms with Gasteiger partial charge in [0.05, 0.1) is 12.0 Å². The normalized spacial score (nSPS) is 12.4. The second-order valence-electron chi connectivity index (χ2n) is 8.13. The van der Waals surface area contributed by atoms with Crippen molar-refractivity contribution in [2.75, 3.05) is 13.7 Å². The summed E-state index contributed by atoms with van der Waals surface area (Å²) in [4.78, 5) is 22.1. The first kappa shape index (κ1) is 26.3. The monoisotopic (exact) mass is 499 g/mol. The number of unbranched alkanes of at least 4 members (excludes halogenated alkanes) is 2. The maximum Gasteiger partial charge on any atom is 0.323 e. The summed E-state index contributed by atoms with van der Waals surface area (Å²) in [5, 5.41) is 17.0. The SMILES string of the molecule is COC(=O)C(CCCCCNCc1ccc2ccccc2c1)NS(=O)(=O)c1ccccc1[N+](=O)[O-]. The van der Waals surface area contributed by atoms with Gasteiger partial charge in [0.1, 0.15) is 6.04 Å². The van der Waals surface area contributed by atoms with E-state index in [1.807, 2.05) is 12.1 Å². The van der Waals surface area contributed by atoms with E-state index in [2.05, 4.69) is 40.4 Å². The second kappa shape index (κ2) is 12.4. The fraction of sp³-hybridized carbons (Fsp3) is 0.320. The summed E-state index contributed by atoms with van der Waals surface area (Å²) in [7, 11) is -3.12. The molecule has 10 heteroatoms. The number of sulfonamides is 1. The number of hydrogen-bond donors (Lipinski definition) is 2. The van der Waals surface area contributed by atoms with Gasteiger partial charge in [-0.3, -0.25) is 14.9 Å². The largest absolute Gasteiger partial charge is 0.468 e. The summed E-state index contributed by atoms with van der Waals surface area (Å²) in [5.41, 5.74) is 0.639. The van der Waals surface area contributed by atoms with Gasteiger partial charge in [-0.15, -0.1) is 0 Å². The van der Waals surface area contributed by atoms with Crippen LogP contribution < -0.4 is 10.0 Å². The molecule has 0 fully saturated rings. The molecule has 3 aromatic carbocycles. The number of methoxy groups -OCH3 is 1. The van der Waals surface area contributed by atoms with Crippen LogP contribution in [0.2, 0.25) is 0 Å². The van der Waals surface area contributed by atoms with Crippen LogP contribution in [0.25, 0.3) is 10.8 Å². The van der Waals surface area contributed by atoms with Gasteiger partial charge in [0, 0.05) is 12.6 Å². The molecule has 0 heterocycles. The maximum atomic E-state index is 12.7. The summed E-state index contributed by atoms with van der Waals surface area (Å²) < 4.78 is 32.5. The highest BCUT2D eigenvalue weighted by atomic mass is 32.2. The van der Waals surface area contributed by atoms with Gasteiger partial charge in [0.15, 0.2) is 4.90 Å². The smallest absolute Gasteiger partial charge is 0.323 e. The number of esters is 1. The Morgan fingerprint density at radius 1 is 1.00 bits per heavy atom. The van der Waals surface area contributed by atoms with E-state index < -0.39 is 37.5 Å². The molecule has 1 unspecified atom stereocenters. The van der Waals surface area contributed by atoms with Crippen molar-refractivity contribution in [3.05, 3.63) is 82.4 Å². The molecular formula is C25H29N3O6S. The first-order chi connectivity index (χ1) is 16.8. The van der Waals surface area contributed by atoms with Crippen LogP contribution in [0.5, 0.6) is 0 Å². The van der Waals surface area contributed by atoms with Crippen molar-refractivity contribution in [3.8, 4) is 0 Å². The minimum absolute atomic E-state index is 0.219. The third-order valence-electron chi connectivity index (χ3n) is 5.62. The molecule has 0 aromatic heterocycles. The lowest BCUT2D eigenvalue weighted by Crippen LogP contribution is -2.41.